The third-order valence-electron chi connectivity index (χ3n) is 3.87. The first-order valence-corrected chi connectivity index (χ1v) is 10.1. The van der Waals surface area contributed by atoms with Crippen LogP contribution >= 0.6 is 24.4 Å². The zero-order valence-corrected chi connectivity index (χ0v) is 17.6. The predicted octanol–water partition coefficient (Wildman–Crippen LogP) is 5.32. The minimum absolute atomic E-state index is 0.00590. The van der Waals surface area contributed by atoms with Gasteiger partial charge < -0.3 is 0 Å². The van der Waals surface area contributed by atoms with Crippen molar-refractivity contribution in [3.8, 4) is 23.7 Å². The second-order valence-electron chi connectivity index (χ2n) is 6.15. The van der Waals surface area contributed by atoms with E-state index in [1.807, 2.05) is 24.3 Å². The number of thiol groups is 1. The van der Waals surface area contributed by atoms with Crippen LogP contribution in [-0.4, -0.2) is 10.0 Å². The van der Waals surface area contributed by atoms with Gasteiger partial charge in [-0.1, -0.05) is 35.4 Å². The van der Waals surface area contributed by atoms with Crippen LogP contribution in [0, 0.1) is 33.8 Å². The SMILES string of the molecule is CC(=O)Sc1ccc(C#Cc2ccc(C#Cc3ccc(S)cc3)cc2[N+](=O)[O-])cc1. The molecule has 3 rings (SSSR count). The quantitative estimate of drug-likeness (QED) is 0.197. The fourth-order valence-electron chi connectivity index (χ4n) is 2.47. The Morgan fingerprint density at radius 1 is 0.867 bits per heavy atom. The van der Waals surface area contributed by atoms with Crippen LogP contribution in [0.1, 0.15) is 29.2 Å². The molecule has 30 heavy (non-hydrogen) atoms. The van der Waals surface area contributed by atoms with E-state index >= 15 is 0 Å². The van der Waals surface area contributed by atoms with Crippen LogP contribution in [0.3, 0.4) is 0 Å². The number of nitro benzene ring substituents is 1. The summed E-state index contributed by atoms with van der Waals surface area (Å²) in [4.78, 5) is 23.8. The Morgan fingerprint density at radius 3 is 2.00 bits per heavy atom. The van der Waals surface area contributed by atoms with Gasteiger partial charge in [0.1, 0.15) is 5.56 Å². The largest absolute Gasteiger partial charge is 0.287 e. The predicted molar refractivity (Wildman–Crippen MR) is 122 cm³/mol. The number of carbonyl (C=O) groups is 1. The molecule has 0 aliphatic rings. The lowest BCUT2D eigenvalue weighted by Gasteiger charge is -1.98. The Hall–Kier alpha value is -3.45. The molecule has 0 aliphatic heterocycles. The molecule has 4 nitrogen and oxygen atoms in total. The number of rotatable bonds is 2. The number of nitro groups is 1. The summed E-state index contributed by atoms with van der Waals surface area (Å²) < 4.78 is 0. The Morgan fingerprint density at radius 2 is 1.40 bits per heavy atom. The highest BCUT2D eigenvalue weighted by molar-refractivity contribution is 8.13. The molecular formula is C24H15NO3S2. The van der Waals surface area contributed by atoms with Gasteiger partial charge in [0.05, 0.1) is 4.92 Å². The summed E-state index contributed by atoms with van der Waals surface area (Å²) in [5.74, 6) is 11.7. The van der Waals surface area contributed by atoms with Gasteiger partial charge in [-0.2, -0.15) is 0 Å². The molecular weight excluding hydrogens is 414 g/mol. The maximum atomic E-state index is 11.5. The second kappa shape index (κ2) is 9.84. The van der Waals surface area contributed by atoms with Crippen molar-refractivity contribution in [1.82, 2.24) is 0 Å². The first-order valence-electron chi connectivity index (χ1n) is 8.81. The summed E-state index contributed by atoms with van der Waals surface area (Å²) >= 11 is 5.37. The first-order chi connectivity index (χ1) is 14.4. The fourth-order valence-corrected chi connectivity index (χ4v) is 3.22. The Bertz CT molecular complexity index is 1230. The van der Waals surface area contributed by atoms with Crippen molar-refractivity contribution in [3.63, 3.8) is 0 Å². The van der Waals surface area contributed by atoms with E-state index in [-0.39, 0.29) is 10.8 Å². The summed E-state index contributed by atoms with van der Waals surface area (Å²) in [6.45, 7) is 1.50. The Kier molecular flexibility index (Phi) is 6.98. The maximum absolute atomic E-state index is 11.5. The zero-order valence-electron chi connectivity index (χ0n) is 15.9. The number of carbonyl (C=O) groups excluding carboxylic acids is 1. The molecule has 146 valence electrons. The van der Waals surface area contributed by atoms with E-state index < -0.39 is 4.92 Å². The third-order valence-corrected chi connectivity index (χ3v) is 4.96. The van der Waals surface area contributed by atoms with Crippen molar-refractivity contribution in [2.75, 3.05) is 0 Å². The van der Waals surface area contributed by atoms with E-state index in [9.17, 15) is 14.9 Å². The highest BCUT2D eigenvalue weighted by Gasteiger charge is 2.12. The lowest BCUT2D eigenvalue weighted by atomic mass is 10.1. The number of hydrogen-bond donors (Lipinski definition) is 1. The fraction of sp³-hybridized carbons (Fsp3) is 0.0417. The molecule has 3 aromatic rings. The molecule has 0 aliphatic carbocycles. The van der Waals surface area contributed by atoms with E-state index in [4.69, 9.17) is 0 Å². The zero-order chi connectivity index (χ0) is 21.5. The maximum Gasteiger partial charge on any atom is 0.286 e. The minimum Gasteiger partial charge on any atom is -0.287 e. The van der Waals surface area contributed by atoms with E-state index in [0.29, 0.717) is 16.7 Å². The van der Waals surface area contributed by atoms with Gasteiger partial charge in [0.2, 0.25) is 0 Å². The Balaban J connectivity index is 1.85. The number of benzene rings is 3. The highest BCUT2D eigenvalue weighted by Crippen LogP contribution is 2.21. The number of nitrogens with zero attached hydrogens (tertiary/aromatic N) is 1. The van der Waals surface area contributed by atoms with E-state index in [1.165, 1.54) is 13.0 Å². The topological polar surface area (TPSA) is 60.2 Å². The van der Waals surface area contributed by atoms with Crippen molar-refractivity contribution in [2.24, 2.45) is 0 Å². The van der Waals surface area contributed by atoms with Gasteiger partial charge >= 0.3 is 0 Å². The summed E-state index contributed by atoms with van der Waals surface area (Å²) in [7, 11) is 0. The van der Waals surface area contributed by atoms with Crippen LogP contribution < -0.4 is 0 Å². The summed E-state index contributed by atoms with van der Waals surface area (Å²) in [5.41, 5.74) is 2.25. The van der Waals surface area contributed by atoms with Gasteiger partial charge in [0, 0.05) is 39.5 Å². The molecule has 0 N–H and O–H groups in total. The molecule has 0 saturated carbocycles. The standard InChI is InChI=1S/C24H15NO3S2/c1-17(26)30-23-14-8-19(9-15-23)4-10-21-11-5-20(16-24(21)25(27)28)3-2-18-6-12-22(29)13-7-18/h5-9,11-16,29H,1H3. The van der Waals surface area contributed by atoms with Crippen LogP contribution in [0.2, 0.25) is 0 Å². The van der Waals surface area contributed by atoms with Gasteiger partial charge in [0.15, 0.2) is 5.12 Å². The van der Waals surface area contributed by atoms with Crippen molar-refractivity contribution in [3.05, 3.63) is 99.1 Å². The number of thioether (sulfide) groups is 1. The molecule has 0 saturated heterocycles. The summed E-state index contributed by atoms with van der Waals surface area (Å²) in [5, 5.41) is 11.5. The molecule has 0 unspecified atom stereocenters. The normalized spacial score (nSPS) is 9.67. The third kappa shape index (κ3) is 6.02. The lowest BCUT2D eigenvalue weighted by molar-refractivity contribution is -0.385. The van der Waals surface area contributed by atoms with Gasteiger partial charge in [-0.05, 0) is 60.7 Å². The van der Waals surface area contributed by atoms with Crippen LogP contribution in [0.25, 0.3) is 0 Å². The van der Waals surface area contributed by atoms with Crippen molar-refractivity contribution in [2.45, 2.75) is 16.7 Å². The van der Waals surface area contributed by atoms with Gasteiger partial charge in [-0.25, -0.2) is 0 Å². The average molecular weight is 430 g/mol. The van der Waals surface area contributed by atoms with Crippen LogP contribution in [0.4, 0.5) is 5.69 Å². The van der Waals surface area contributed by atoms with E-state index in [2.05, 4.69) is 36.3 Å². The van der Waals surface area contributed by atoms with Crippen molar-refractivity contribution < 1.29 is 9.72 Å². The Labute approximate surface area is 184 Å². The molecule has 0 heterocycles. The lowest BCUT2D eigenvalue weighted by Crippen LogP contribution is -1.93. The molecule has 0 spiro atoms. The van der Waals surface area contributed by atoms with Gasteiger partial charge in [0.25, 0.3) is 5.69 Å². The first kappa shape index (κ1) is 21.3. The van der Waals surface area contributed by atoms with Crippen LogP contribution in [-0.2, 0) is 4.79 Å². The molecule has 0 aromatic heterocycles. The van der Waals surface area contributed by atoms with Gasteiger partial charge in [-0.15, -0.1) is 12.6 Å². The molecule has 6 heteroatoms. The molecule has 0 radical (unpaired) electrons. The molecule has 3 aromatic carbocycles. The highest BCUT2D eigenvalue weighted by atomic mass is 32.2. The monoisotopic (exact) mass is 429 g/mol. The molecule has 0 fully saturated rings. The van der Waals surface area contributed by atoms with Crippen molar-refractivity contribution >= 4 is 35.2 Å². The van der Waals surface area contributed by atoms with Crippen molar-refractivity contribution in [1.29, 1.82) is 0 Å². The van der Waals surface area contributed by atoms with E-state index in [1.54, 1.807) is 36.4 Å². The molecule has 0 amide bonds. The summed E-state index contributed by atoms with van der Waals surface area (Å²) in [6.07, 6.45) is 0. The molecule has 0 atom stereocenters. The van der Waals surface area contributed by atoms with E-state index in [0.717, 1.165) is 27.1 Å². The summed E-state index contributed by atoms with van der Waals surface area (Å²) in [6, 6.07) is 19.2. The smallest absolute Gasteiger partial charge is 0.286 e. The number of hydrogen-bond acceptors (Lipinski definition) is 5. The van der Waals surface area contributed by atoms with Gasteiger partial charge in [-0.3, -0.25) is 14.9 Å². The van der Waals surface area contributed by atoms with Crippen LogP contribution in [0.5, 0.6) is 0 Å². The second-order valence-corrected chi connectivity index (χ2v) is 7.92. The minimum atomic E-state index is -0.461. The van der Waals surface area contributed by atoms with Crippen LogP contribution in [0.15, 0.2) is 76.5 Å². The average Bonchev–Trinajstić information content (AvgIpc) is 2.72. The molecule has 0 bridgehead atoms.